The fourth-order valence-corrected chi connectivity index (χ4v) is 3.59. The largest absolute Gasteiger partial charge is 0.370 e. The van der Waals surface area contributed by atoms with Crippen molar-refractivity contribution in [2.24, 2.45) is 34.4 Å². The zero-order valence-electron chi connectivity index (χ0n) is 12.2. The molecular formula is C14H21IN4O2. The van der Waals surface area contributed by atoms with Gasteiger partial charge in [-0.3, -0.25) is 19.5 Å². The highest BCUT2D eigenvalue weighted by Crippen LogP contribution is 2.52. The molecular weight excluding hydrogens is 383 g/mol. The summed E-state index contributed by atoms with van der Waals surface area (Å²) >= 11 is 0. The van der Waals surface area contributed by atoms with Gasteiger partial charge in [-0.1, -0.05) is 12.2 Å². The van der Waals surface area contributed by atoms with Crippen molar-refractivity contribution in [3.8, 4) is 0 Å². The molecule has 2 fully saturated rings. The predicted molar refractivity (Wildman–Crippen MR) is 90.0 cm³/mol. The lowest BCUT2D eigenvalue weighted by atomic mass is 9.85. The topological polar surface area (TPSA) is 79.0 Å². The minimum absolute atomic E-state index is 0. The van der Waals surface area contributed by atoms with Crippen molar-refractivity contribution in [2.45, 2.75) is 6.42 Å². The van der Waals surface area contributed by atoms with E-state index in [1.165, 1.54) is 4.90 Å². The van der Waals surface area contributed by atoms with Crippen molar-refractivity contribution >= 4 is 41.8 Å². The molecule has 1 saturated carbocycles. The number of rotatable bonds is 3. The third kappa shape index (κ3) is 2.56. The molecule has 4 atom stereocenters. The third-order valence-corrected chi connectivity index (χ3v) is 4.62. The van der Waals surface area contributed by atoms with Gasteiger partial charge in [-0.05, 0) is 18.3 Å². The second-order valence-electron chi connectivity index (χ2n) is 5.96. The number of likely N-dealkylation sites (tertiary alicyclic amines) is 1. The van der Waals surface area contributed by atoms with E-state index in [4.69, 9.17) is 5.73 Å². The number of carbonyl (C=O) groups is 2. The van der Waals surface area contributed by atoms with Gasteiger partial charge >= 0.3 is 0 Å². The van der Waals surface area contributed by atoms with Crippen LogP contribution in [-0.4, -0.2) is 54.8 Å². The highest BCUT2D eigenvalue weighted by molar-refractivity contribution is 14.0. The molecule has 1 heterocycles. The summed E-state index contributed by atoms with van der Waals surface area (Å²) in [5, 5.41) is 0. The molecule has 2 amide bonds. The zero-order valence-corrected chi connectivity index (χ0v) is 14.6. The Kier molecular flexibility index (Phi) is 4.60. The van der Waals surface area contributed by atoms with Gasteiger partial charge in [-0.25, -0.2) is 0 Å². The molecule has 0 aromatic carbocycles. The number of carbonyl (C=O) groups excluding carboxylic acids is 2. The number of nitrogens with zero attached hydrogens (tertiary/aromatic N) is 3. The predicted octanol–water partition coefficient (Wildman–Crippen LogP) is 0.288. The second kappa shape index (κ2) is 5.94. The van der Waals surface area contributed by atoms with Crippen molar-refractivity contribution in [3.63, 3.8) is 0 Å². The molecule has 4 unspecified atom stereocenters. The van der Waals surface area contributed by atoms with Gasteiger partial charge in [0, 0.05) is 20.6 Å². The number of nitrogens with two attached hydrogens (primary N) is 1. The summed E-state index contributed by atoms with van der Waals surface area (Å²) in [6.45, 7) is 0.697. The van der Waals surface area contributed by atoms with E-state index in [0.717, 1.165) is 6.42 Å². The Morgan fingerprint density at radius 1 is 1.29 bits per heavy atom. The first-order chi connectivity index (χ1) is 9.50. The number of hydrogen-bond acceptors (Lipinski definition) is 3. The first kappa shape index (κ1) is 16.3. The van der Waals surface area contributed by atoms with Crippen LogP contribution in [0, 0.1) is 23.7 Å². The fourth-order valence-electron chi connectivity index (χ4n) is 3.59. The van der Waals surface area contributed by atoms with E-state index in [-0.39, 0.29) is 59.5 Å². The van der Waals surface area contributed by atoms with Gasteiger partial charge in [0.2, 0.25) is 11.8 Å². The number of allylic oxidation sites excluding steroid dienone is 2. The standard InChI is InChI=1S/C14H20N4O2.HI/c1-17(2)14(15)16-5-6-18-12(19)10-8-3-4-9(7-8)11(10)13(18)20;/h3-4,8-11H,5-7H2,1-2H3,(H2,15,16);1H. The van der Waals surface area contributed by atoms with Crippen LogP contribution in [0.25, 0.3) is 0 Å². The molecule has 2 N–H and O–H groups in total. The third-order valence-electron chi connectivity index (χ3n) is 4.62. The molecule has 1 saturated heterocycles. The van der Waals surface area contributed by atoms with Crippen LogP contribution in [0.2, 0.25) is 0 Å². The van der Waals surface area contributed by atoms with Crippen LogP contribution in [0.3, 0.4) is 0 Å². The minimum Gasteiger partial charge on any atom is -0.370 e. The van der Waals surface area contributed by atoms with Gasteiger partial charge in [-0.2, -0.15) is 0 Å². The highest BCUT2D eigenvalue weighted by atomic mass is 127. The molecule has 21 heavy (non-hydrogen) atoms. The van der Waals surface area contributed by atoms with Crippen molar-refractivity contribution in [1.29, 1.82) is 0 Å². The number of fused-ring (bicyclic) bond motifs is 5. The summed E-state index contributed by atoms with van der Waals surface area (Å²) in [5.74, 6) is 0.668. The Bertz CT molecular complexity index is 487. The van der Waals surface area contributed by atoms with Crippen LogP contribution in [-0.2, 0) is 9.59 Å². The molecule has 1 aliphatic heterocycles. The van der Waals surface area contributed by atoms with Crippen LogP contribution >= 0.6 is 24.0 Å². The Labute approximate surface area is 141 Å². The first-order valence-electron chi connectivity index (χ1n) is 7.01. The lowest BCUT2D eigenvalue weighted by Crippen LogP contribution is -2.36. The second-order valence-corrected chi connectivity index (χ2v) is 5.96. The number of halogens is 1. The average Bonchev–Trinajstić information content (AvgIpc) is 3.07. The number of amides is 2. The summed E-state index contributed by atoms with van der Waals surface area (Å²) in [4.78, 5) is 32.0. The first-order valence-corrected chi connectivity index (χ1v) is 7.01. The summed E-state index contributed by atoms with van der Waals surface area (Å²) in [5.41, 5.74) is 5.69. The number of aliphatic imine (C=N–C) groups is 1. The Hall–Kier alpha value is -1.12. The van der Waals surface area contributed by atoms with E-state index in [1.54, 1.807) is 19.0 Å². The Morgan fingerprint density at radius 3 is 2.29 bits per heavy atom. The quantitative estimate of drug-likeness (QED) is 0.241. The number of imide groups is 1. The molecule has 3 aliphatic rings. The average molecular weight is 404 g/mol. The van der Waals surface area contributed by atoms with Gasteiger partial charge in [0.25, 0.3) is 0 Å². The minimum atomic E-state index is -0.118. The monoisotopic (exact) mass is 404 g/mol. The fraction of sp³-hybridized carbons (Fsp3) is 0.643. The highest BCUT2D eigenvalue weighted by Gasteiger charge is 2.58. The van der Waals surface area contributed by atoms with Crippen LogP contribution in [0.15, 0.2) is 17.1 Å². The van der Waals surface area contributed by atoms with E-state index < -0.39 is 0 Å². The van der Waals surface area contributed by atoms with Crippen molar-refractivity contribution in [2.75, 3.05) is 27.2 Å². The lowest BCUT2D eigenvalue weighted by Gasteiger charge is -2.16. The molecule has 3 rings (SSSR count). The molecule has 2 bridgehead atoms. The summed E-state index contributed by atoms with van der Waals surface area (Å²) in [6.07, 6.45) is 5.16. The van der Waals surface area contributed by atoms with Crippen LogP contribution in [0.4, 0.5) is 0 Å². The van der Waals surface area contributed by atoms with E-state index in [1.807, 2.05) is 0 Å². The Balaban J connectivity index is 0.00000161. The van der Waals surface area contributed by atoms with E-state index >= 15 is 0 Å². The van der Waals surface area contributed by atoms with Gasteiger partial charge < -0.3 is 10.6 Å². The summed E-state index contributed by atoms with van der Waals surface area (Å²) in [6, 6.07) is 0. The maximum atomic E-state index is 12.4. The molecule has 0 radical (unpaired) electrons. The normalized spacial score (nSPS) is 33.4. The van der Waals surface area contributed by atoms with E-state index in [0.29, 0.717) is 19.0 Å². The van der Waals surface area contributed by atoms with E-state index in [9.17, 15) is 9.59 Å². The van der Waals surface area contributed by atoms with Crippen molar-refractivity contribution in [1.82, 2.24) is 9.80 Å². The van der Waals surface area contributed by atoms with Crippen LogP contribution in [0.5, 0.6) is 0 Å². The maximum Gasteiger partial charge on any atom is 0.233 e. The molecule has 0 aromatic rings. The van der Waals surface area contributed by atoms with Gasteiger partial charge in [0.1, 0.15) is 0 Å². The number of guanidine groups is 1. The zero-order chi connectivity index (χ0) is 14.4. The number of hydrogen-bond donors (Lipinski definition) is 1. The van der Waals surface area contributed by atoms with Gasteiger partial charge in [-0.15, -0.1) is 24.0 Å². The molecule has 2 aliphatic carbocycles. The van der Waals surface area contributed by atoms with Crippen LogP contribution < -0.4 is 5.73 Å². The van der Waals surface area contributed by atoms with E-state index in [2.05, 4.69) is 17.1 Å². The van der Waals surface area contributed by atoms with Gasteiger partial charge in [0.05, 0.1) is 18.4 Å². The van der Waals surface area contributed by atoms with Gasteiger partial charge in [0.15, 0.2) is 5.96 Å². The molecule has 6 nitrogen and oxygen atoms in total. The Morgan fingerprint density at radius 2 is 1.81 bits per heavy atom. The molecule has 116 valence electrons. The SMILES string of the molecule is CN(C)C(N)=NCCN1C(=O)C2C3C=CC(C3)C2C1=O.I. The smallest absolute Gasteiger partial charge is 0.233 e. The molecule has 0 spiro atoms. The van der Waals surface area contributed by atoms with Crippen molar-refractivity contribution < 1.29 is 9.59 Å². The summed E-state index contributed by atoms with van der Waals surface area (Å²) in [7, 11) is 3.61. The van der Waals surface area contributed by atoms with Crippen LogP contribution in [0.1, 0.15) is 6.42 Å². The molecule has 7 heteroatoms. The van der Waals surface area contributed by atoms with Crippen molar-refractivity contribution in [3.05, 3.63) is 12.2 Å². The lowest BCUT2D eigenvalue weighted by molar-refractivity contribution is -0.140. The molecule has 0 aromatic heterocycles. The maximum absolute atomic E-state index is 12.4. The summed E-state index contributed by atoms with van der Waals surface area (Å²) < 4.78 is 0.